The van der Waals surface area contributed by atoms with E-state index < -0.39 is 0 Å². The zero-order chi connectivity index (χ0) is 31.7. The summed E-state index contributed by atoms with van der Waals surface area (Å²) in [5, 5.41) is 2.48. The second kappa shape index (κ2) is 10.5. The van der Waals surface area contributed by atoms with Gasteiger partial charge in [0.25, 0.3) is 0 Å². The van der Waals surface area contributed by atoms with Crippen LogP contribution in [0.3, 0.4) is 0 Å². The van der Waals surface area contributed by atoms with Crippen LogP contribution < -0.4 is 20.6 Å². The van der Waals surface area contributed by atoms with Crippen LogP contribution in [-0.4, -0.2) is 6.85 Å². The van der Waals surface area contributed by atoms with Crippen molar-refractivity contribution in [3.05, 3.63) is 163 Å². The van der Waals surface area contributed by atoms with E-state index in [-0.39, 0.29) is 12.3 Å². The summed E-state index contributed by atoms with van der Waals surface area (Å²) in [6, 6.07) is 58.3. The van der Waals surface area contributed by atoms with Gasteiger partial charge >= 0.3 is 6.85 Å². The normalized spacial score (nSPS) is 13.3. The van der Waals surface area contributed by atoms with Gasteiger partial charge in [-0.25, -0.2) is 0 Å². The quantitative estimate of drug-likeness (QED) is 0.186. The van der Waals surface area contributed by atoms with Gasteiger partial charge in [0.15, 0.2) is 0 Å². The molecule has 7 aromatic carbocycles. The van der Waals surface area contributed by atoms with E-state index in [1.807, 2.05) is 0 Å². The molecule has 0 unspecified atom stereocenters. The van der Waals surface area contributed by atoms with Gasteiger partial charge < -0.3 is 9.71 Å². The number of rotatable bonds is 3. The molecule has 0 radical (unpaired) electrons. The molecule has 0 fully saturated rings. The van der Waals surface area contributed by atoms with Gasteiger partial charge in [-0.15, -0.1) is 0 Å². The smallest absolute Gasteiger partial charge is 0.333 e. The molecular formula is C44H35BN2. The first-order chi connectivity index (χ1) is 23.0. The van der Waals surface area contributed by atoms with Crippen LogP contribution >= 0.6 is 0 Å². The first-order valence-corrected chi connectivity index (χ1v) is 16.6. The molecule has 0 bridgehead atoms. The average Bonchev–Trinajstić information content (AvgIpc) is 3.11. The number of hydrogen-bond acceptors (Lipinski definition) is 2. The Morgan fingerprint density at radius 2 is 1.15 bits per heavy atom. The van der Waals surface area contributed by atoms with Gasteiger partial charge in [0.05, 0.1) is 5.69 Å². The Morgan fingerprint density at radius 1 is 0.489 bits per heavy atom. The maximum atomic E-state index is 2.57. The largest absolute Gasteiger partial charge is 0.376 e. The highest BCUT2D eigenvalue weighted by Crippen LogP contribution is 2.49. The molecule has 3 heteroatoms. The zero-order valence-electron chi connectivity index (χ0n) is 27.0. The van der Waals surface area contributed by atoms with E-state index in [4.69, 9.17) is 0 Å². The van der Waals surface area contributed by atoms with Crippen molar-refractivity contribution in [2.24, 2.45) is 0 Å². The monoisotopic (exact) mass is 602 g/mol. The molecule has 0 aliphatic carbocycles. The van der Waals surface area contributed by atoms with Crippen molar-refractivity contribution in [3.8, 4) is 22.3 Å². The third kappa shape index (κ3) is 4.27. The molecular weight excluding hydrogens is 567 g/mol. The Kier molecular flexibility index (Phi) is 6.20. The van der Waals surface area contributed by atoms with Crippen LogP contribution in [0.4, 0.5) is 28.4 Å². The Balaban J connectivity index is 1.36. The fourth-order valence-corrected chi connectivity index (χ4v) is 7.79. The highest BCUT2D eigenvalue weighted by molar-refractivity contribution is 6.93. The highest BCUT2D eigenvalue weighted by Gasteiger charge is 2.45. The van der Waals surface area contributed by atoms with E-state index in [9.17, 15) is 0 Å². The minimum Gasteiger partial charge on any atom is -0.376 e. The first kappa shape index (κ1) is 27.7. The number of benzene rings is 7. The third-order valence-corrected chi connectivity index (χ3v) is 10.0. The summed E-state index contributed by atoms with van der Waals surface area (Å²) in [5.41, 5.74) is 15.2. The Morgan fingerprint density at radius 3 is 1.96 bits per heavy atom. The lowest BCUT2D eigenvalue weighted by molar-refractivity contribution is 0.590. The second-order valence-corrected chi connectivity index (χ2v) is 13.8. The van der Waals surface area contributed by atoms with Gasteiger partial charge in [0.2, 0.25) is 0 Å². The Labute approximate surface area is 277 Å². The average molecular weight is 603 g/mol. The van der Waals surface area contributed by atoms with Crippen LogP contribution in [0.2, 0.25) is 0 Å². The minimum atomic E-state index is 0.0131. The van der Waals surface area contributed by atoms with Crippen molar-refractivity contribution in [1.82, 2.24) is 0 Å². The third-order valence-electron chi connectivity index (χ3n) is 10.0. The Hall–Kier alpha value is -5.54. The molecule has 2 aliphatic rings. The molecule has 224 valence electrons. The summed E-state index contributed by atoms with van der Waals surface area (Å²) in [7, 11) is 0. The predicted molar refractivity (Wildman–Crippen MR) is 202 cm³/mol. The van der Waals surface area contributed by atoms with Crippen molar-refractivity contribution in [2.75, 3.05) is 9.71 Å². The van der Waals surface area contributed by atoms with Crippen LogP contribution in [0, 0.1) is 0 Å². The fraction of sp³-hybridized carbons (Fsp3) is 0.0909. The summed E-state index contributed by atoms with van der Waals surface area (Å²) in [6.07, 6.45) is 0. The molecule has 9 rings (SSSR count). The number of nitrogens with zero attached hydrogens (tertiary/aromatic N) is 2. The SMILES string of the molecule is CC(C)(C)c1ccc(N2B3c4ccccc4N(c4c(-c5ccccc5)ccc5ccccc45)c4cccc(c43)-c3ccccc32)cc1. The van der Waals surface area contributed by atoms with E-state index in [1.165, 1.54) is 78.0 Å². The predicted octanol–water partition coefficient (Wildman–Crippen LogP) is 10.5. The summed E-state index contributed by atoms with van der Waals surface area (Å²) in [6.45, 7) is 6.86. The molecule has 0 amide bonds. The zero-order valence-corrected chi connectivity index (χ0v) is 27.0. The summed E-state index contributed by atoms with van der Waals surface area (Å²) >= 11 is 0. The first-order valence-electron chi connectivity index (χ1n) is 16.6. The Bertz CT molecular complexity index is 2300. The number of hydrogen-bond donors (Lipinski definition) is 0. The van der Waals surface area contributed by atoms with Crippen LogP contribution in [0.15, 0.2) is 158 Å². The maximum Gasteiger partial charge on any atom is 0.333 e. The van der Waals surface area contributed by atoms with Crippen molar-refractivity contribution < 1.29 is 0 Å². The van der Waals surface area contributed by atoms with E-state index in [0.717, 1.165) is 0 Å². The second-order valence-electron chi connectivity index (χ2n) is 13.8. The van der Waals surface area contributed by atoms with Gasteiger partial charge in [-0.1, -0.05) is 148 Å². The lowest BCUT2D eigenvalue weighted by Gasteiger charge is -2.46. The van der Waals surface area contributed by atoms with E-state index >= 15 is 0 Å². The van der Waals surface area contributed by atoms with Crippen molar-refractivity contribution >= 4 is 57.0 Å². The lowest BCUT2D eigenvalue weighted by atomic mass is 9.43. The van der Waals surface area contributed by atoms with Gasteiger partial charge in [-0.3, -0.25) is 0 Å². The molecule has 2 heterocycles. The molecule has 0 N–H and O–H groups in total. The van der Waals surface area contributed by atoms with E-state index in [0.29, 0.717) is 0 Å². The molecule has 2 nitrogen and oxygen atoms in total. The van der Waals surface area contributed by atoms with Gasteiger partial charge in [0.1, 0.15) is 0 Å². The van der Waals surface area contributed by atoms with E-state index in [2.05, 4.69) is 188 Å². The number of fused-ring (bicyclic) bond motifs is 5. The fourth-order valence-electron chi connectivity index (χ4n) is 7.79. The van der Waals surface area contributed by atoms with Crippen molar-refractivity contribution in [1.29, 1.82) is 0 Å². The standard InChI is InChI=1S/C44H35BN2/c1-44(2,3)32-25-27-33(28-26-32)47-39-21-11-9-18-36(39)37-19-13-23-41-42(37)45(47)38-20-10-12-22-40(38)46(41)43-34-17-8-7-16-31(34)24-29-35(43)30-14-5-4-6-15-30/h4-29H,1-3H3. The van der Waals surface area contributed by atoms with Crippen LogP contribution in [-0.2, 0) is 5.41 Å². The minimum absolute atomic E-state index is 0.0131. The molecule has 47 heavy (non-hydrogen) atoms. The van der Waals surface area contributed by atoms with Gasteiger partial charge in [0, 0.05) is 39.3 Å². The summed E-state index contributed by atoms with van der Waals surface area (Å²) in [5.74, 6) is 0. The molecule has 0 saturated heterocycles. The van der Waals surface area contributed by atoms with Crippen LogP contribution in [0.1, 0.15) is 26.3 Å². The molecule has 0 saturated carbocycles. The van der Waals surface area contributed by atoms with Crippen molar-refractivity contribution in [2.45, 2.75) is 26.2 Å². The van der Waals surface area contributed by atoms with Gasteiger partial charge in [-0.2, -0.15) is 0 Å². The van der Waals surface area contributed by atoms with Crippen LogP contribution in [0.5, 0.6) is 0 Å². The molecule has 2 aliphatic heterocycles. The maximum absolute atomic E-state index is 2.57. The topological polar surface area (TPSA) is 6.48 Å². The van der Waals surface area contributed by atoms with Crippen LogP contribution in [0.25, 0.3) is 33.0 Å². The molecule has 0 atom stereocenters. The summed E-state index contributed by atoms with van der Waals surface area (Å²) < 4.78 is 0. The highest BCUT2D eigenvalue weighted by atomic mass is 15.2. The number of para-hydroxylation sites is 2. The van der Waals surface area contributed by atoms with E-state index in [1.54, 1.807) is 0 Å². The van der Waals surface area contributed by atoms with Crippen molar-refractivity contribution in [3.63, 3.8) is 0 Å². The number of anilines is 5. The lowest BCUT2D eigenvalue weighted by Crippen LogP contribution is -2.61. The summed E-state index contributed by atoms with van der Waals surface area (Å²) in [4.78, 5) is 5.12. The van der Waals surface area contributed by atoms with Gasteiger partial charge in [-0.05, 0) is 68.7 Å². The molecule has 0 spiro atoms. The molecule has 0 aromatic heterocycles. The molecule has 7 aromatic rings.